The van der Waals surface area contributed by atoms with Crippen molar-refractivity contribution in [3.8, 4) is 11.5 Å². The van der Waals surface area contributed by atoms with Gasteiger partial charge in [-0.25, -0.2) is 4.98 Å². The van der Waals surface area contributed by atoms with Crippen molar-refractivity contribution < 1.29 is 9.47 Å². The van der Waals surface area contributed by atoms with Crippen LogP contribution in [-0.4, -0.2) is 23.3 Å². The van der Waals surface area contributed by atoms with Gasteiger partial charge in [0.15, 0.2) is 11.5 Å². The number of ether oxygens (including phenoxy) is 2. The van der Waals surface area contributed by atoms with E-state index in [4.69, 9.17) is 14.5 Å². The van der Waals surface area contributed by atoms with Gasteiger partial charge in [0.25, 0.3) is 0 Å². The van der Waals surface area contributed by atoms with Crippen molar-refractivity contribution in [1.29, 1.82) is 0 Å². The summed E-state index contributed by atoms with van der Waals surface area (Å²) in [7, 11) is 0. The van der Waals surface area contributed by atoms with Crippen LogP contribution in [0.15, 0.2) is 54.6 Å². The van der Waals surface area contributed by atoms with Crippen LogP contribution in [0.5, 0.6) is 11.5 Å². The van der Waals surface area contributed by atoms with Crippen LogP contribution in [0.2, 0.25) is 0 Å². The molecule has 1 aromatic heterocycles. The van der Waals surface area contributed by atoms with Crippen LogP contribution < -0.4 is 19.7 Å². The number of anilines is 2. The summed E-state index contributed by atoms with van der Waals surface area (Å²) in [6, 6.07) is 18.3. The van der Waals surface area contributed by atoms with E-state index in [2.05, 4.69) is 46.4 Å². The lowest BCUT2D eigenvalue weighted by molar-refractivity contribution is 0.174. The molecule has 0 spiro atoms. The van der Waals surface area contributed by atoms with E-state index in [0.29, 0.717) is 6.54 Å². The first kappa shape index (κ1) is 18.1. The topological polar surface area (TPSA) is 59.5 Å². The van der Waals surface area contributed by atoms with Crippen LogP contribution in [0.3, 0.4) is 0 Å². The SMILES string of the molecule is CCN(Cc1ccccc1)c1nc(C)cc(NCc2ccc3c(c2)OCO3)n1. The molecule has 1 N–H and O–H groups in total. The number of aromatic nitrogens is 2. The number of nitrogens with one attached hydrogen (secondary N) is 1. The molecule has 0 unspecified atom stereocenters. The lowest BCUT2D eigenvalue weighted by atomic mass is 10.2. The molecule has 0 radical (unpaired) electrons. The fraction of sp³-hybridized carbons (Fsp3) is 0.273. The fourth-order valence-corrected chi connectivity index (χ4v) is 3.16. The van der Waals surface area contributed by atoms with E-state index in [1.807, 2.05) is 37.3 Å². The Kier molecular flexibility index (Phi) is 5.28. The summed E-state index contributed by atoms with van der Waals surface area (Å²) in [4.78, 5) is 11.6. The highest BCUT2D eigenvalue weighted by molar-refractivity contribution is 5.47. The minimum absolute atomic E-state index is 0.287. The first-order chi connectivity index (χ1) is 13.7. The van der Waals surface area contributed by atoms with Crippen LogP contribution in [-0.2, 0) is 13.1 Å². The van der Waals surface area contributed by atoms with Gasteiger partial charge in [0, 0.05) is 31.4 Å². The molecule has 28 heavy (non-hydrogen) atoms. The first-order valence-corrected chi connectivity index (χ1v) is 9.48. The van der Waals surface area contributed by atoms with Crippen LogP contribution in [0.25, 0.3) is 0 Å². The second-order valence-electron chi connectivity index (χ2n) is 6.74. The van der Waals surface area contributed by atoms with Crippen LogP contribution in [0.1, 0.15) is 23.7 Å². The highest BCUT2D eigenvalue weighted by Gasteiger charge is 2.14. The Morgan fingerprint density at radius 2 is 1.79 bits per heavy atom. The highest BCUT2D eigenvalue weighted by atomic mass is 16.7. The van der Waals surface area contributed by atoms with Crippen molar-refractivity contribution >= 4 is 11.8 Å². The number of hydrogen-bond donors (Lipinski definition) is 1. The summed E-state index contributed by atoms with van der Waals surface area (Å²) in [5, 5.41) is 3.40. The van der Waals surface area contributed by atoms with Crippen LogP contribution in [0, 0.1) is 6.92 Å². The largest absolute Gasteiger partial charge is 0.454 e. The second-order valence-corrected chi connectivity index (χ2v) is 6.74. The smallest absolute Gasteiger partial charge is 0.231 e. The van der Waals surface area contributed by atoms with Gasteiger partial charge in [-0.2, -0.15) is 4.98 Å². The van der Waals surface area contributed by atoms with Gasteiger partial charge in [0.2, 0.25) is 12.7 Å². The summed E-state index contributed by atoms with van der Waals surface area (Å²) in [5.74, 6) is 3.13. The van der Waals surface area contributed by atoms with Gasteiger partial charge in [-0.15, -0.1) is 0 Å². The molecule has 3 aromatic rings. The number of benzene rings is 2. The van der Waals surface area contributed by atoms with E-state index < -0.39 is 0 Å². The Morgan fingerprint density at radius 1 is 0.964 bits per heavy atom. The molecular weight excluding hydrogens is 352 g/mol. The Balaban J connectivity index is 1.48. The van der Waals surface area contributed by atoms with E-state index in [9.17, 15) is 0 Å². The molecule has 0 saturated heterocycles. The fourth-order valence-electron chi connectivity index (χ4n) is 3.16. The average molecular weight is 376 g/mol. The quantitative estimate of drug-likeness (QED) is 0.668. The predicted molar refractivity (Wildman–Crippen MR) is 110 cm³/mol. The third-order valence-electron chi connectivity index (χ3n) is 4.63. The van der Waals surface area contributed by atoms with Crippen molar-refractivity contribution in [1.82, 2.24) is 9.97 Å². The van der Waals surface area contributed by atoms with Gasteiger partial charge >= 0.3 is 0 Å². The number of fused-ring (bicyclic) bond motifs is 1. The molecule has 4 rings (SSSR count). The second kappa shape index (κ2) is 8.17. The molecule has 0 bridgehead atoms. The number of rotatable bonds is 7. The molecule has 1 aliphatic rings. The maximum absolute atomic E-state index is 5.45. The third kappa shape index (κ3) is 4.17. The monoisotopic (exact) mass is 376 g/mol. The normalized spacial score (nSPS) is 12.1. The highest BCUT2D eigenvalue weighted by Crippen LogP contribution is 2.32. The first-order valence-electron chi connectivity index (χ1n) is 9.48. The lowest BCUT2D eigenvalue weighted by Gasteiger charge is -2.22. The van der Waals surface area contributed by atoms with E-state index in [1.165, 1.54) is 5.56 Å². The van der Waals surface area contributed by atoms with Gasteiger partial charge in [-0.1, -0.05) is 36.4 Å². The maximum atomic E-state index is 5.45. The molecule has 2 aromatic carbocycles. The van der Waals surface area contributed by atoms with E-state index in [-0.39, 0.29) is 6.79 Å². The standard InChI is InChI=1S/C22H24N4O2/c1-3-26(14-17-7-5-4-6-8-17)22-24-16(2)11-21(25-22)23-13-18-9-10-19-20(12-18)28-15-27-19/h4-12H,3,13-15H2,1-2H3,(H,23,24,25). The number of hydrogen-bond acceptors (Lipinski definition) is 6. The predicted octanol–water partition coefficient (Wildman–Crippen LogP) is 4.15. The Bertz CT molecular complexity index is 947. The lowest BCUT2D eigenvalue weighted by Crippen LogP contribution is -2.24. The Morgan fingerprint density at radius 3 is 2.61 bits per heavy atom. The van der Waals surface area contributed by atoms with Gasteiger partial charge in [-0.05, 0) is 37.1 Å². The van der Waals surface area contributed by atoms with E-state index in [1.54, 1.807) is 0 Å². The molecule has 0 saturated carbocycles. The molecule has 0 aliphatic carbocycles. The van der Waals surface area contributed by atoms with Gasteiger partial charge in [-0.3, -0.25) is 0 Å². The maximum Gasteiger partial charge on any atom is 0.231 e. The zero-order valence-electron chi connectivity index (χ0n) is 16.2. The van der Waals surface area contributed by atoms with Crippen molar-refractivity contribution in [2.24, 2.45) is 0 Å². The summed E-state index contributed by atoms with van der Waals surface area (Å²) in [6.07, 6.45) is 0. The van der Waals surface area contributed by atoms with Crippen molar-refractivity contribution in [2.75, 3.05) is 23.6 Å². The Labute approximate surface area is 165 Å². The van der Waals surface area contributed by atoms with Gasteiger partial charge in [0.1, 0.15) is 5.82 Å². The molecule has 144 valence electrons. The van der Waals surface area contributed by atoms with Crippen molar-refractivity contribution in [2.45, 2.75) is 26.9 Å². The molecule has 2 heterocycles. The molecule has 0 fully saturated rings. The molecule has 0 amide bonds. The summed E-state index contributed by atoms with van der Waals surface area (Å²) < 4.78 is 10.8. The van der Waals surface area contributed by atoms with Crippen molar-refractivity contribution in [3.63, 3.8) is 0 Å². The third-order valence-corrected chi connectivity index (χ3v) is 4.63. The molecule has 6 heteroatoms. The van der Waals surface area contributed by atoms with Crippen LogP contribution in [0.4, 0.5) is 11.8 Å². The Hall–Kier alpha value is -3.28. The average Bonchev–Trinajstić information content (AvgIpc) is 3.19. The summed E-state index contributed by atoms with van der Waals surface area (Å²) in [6.45, 7) is 6.66. The summed E-state index contributed by atoms with van der Waals surface area (Å²) >= 11 is 0. The van der Waals surface area contributed by atoms with Gasteiger partial charge in [0.05, 0.1) is 0 Å². The van der Waals surface area contributed by atoms with Gasteiger partial charge < -0.3 is 19.7 Å². The summed E-state index contributed by atoms with van der Waals surface area (Å²) in [5.41, 5.74) is 3.28. The molecule has 6 nitrogen and oxygen atoms in total. The number of nitrogens with zero attached hydrogens (tertiary/aromatic N) is 3. The zero-order valence-corrected chi connectivity index (χ0v) is 16.2. The molecular formula is C22H24N4O2. The van der Waals surface area contributed by atoms with Crippen LogP contribution >= 0.6 is 0 Å². The van der Waals surface area contributed by atoms with E-state index in [0.717, 1.165) is 47.6 Å². The zero-order chi connectivity index (χ0) is 19.3. The molecule has 0 atom stereocenters. The minimum Gasteiger partial charge on any atom is -0.454 e. The molecule has 1 aliphatic heterocycles. The van der Waals surface area contributed by atoms with E-state index >= 15 is 0 Å². The minimum atomic E-state index is 0.287. The van der Waals surface area contributed by atoms with Crippen molar-refractivity contribution in [3.05, 3.63) is 71.4 Å². The number of aryl methyl sites for hydroxylation is 1.